The van der Waals surface area contributed by atoms with Crippen molar-refractivity contribution in [3.05, 3.63) is 71.3 Å². The molecule has 1 N–H and O–H groups in total. The van der Waals surface area contributed by atoms with Crippen LogP contribution in [0.4, 0.5) is 5.69 Å². The SMILES string of the molecule is CC(CCN1CCN(c2ccccc2)CC1)N=CC1=C(O)c2ccccc2C1=O. The van der Waals surface area contributed by atoms with E-state index in [1.54, 1.807) is 18.3 Å². The zero-order valence-electron chi connectivity index (χ0n) is 16.8. The number of nitrogens with zero attached hydrogens (tertiary/aromatic N) is 3. The molecule has 2 aromatic carbocycles. The molecule has 0 saturated carbocycles. The van der Waals surface area contributed by atoms with Crippen LogP contribution in [-0.2, 0) is 0 Å². The molecule has 150 valence electrons. The van der Waals surface area contributed by atoms with Gasteiger partial charge in [-0.1, -0.05) is 42.5 Å². The number of ketones is 1. The van der Waals surface area contributed by atoms with Crippen molar-refractivity contribution < 1.29 is 9.90 Å². The zero-order chi connectivity index (χ0) is 20.2. The molecule has 2 aromatic rings. The van der Waals surface area contributed by atoms with E-state index in [0.717, 1.165) is 39.1 Å². The van der Waals surface area contributed by atoms with Gasteiger partial charge < -0.3 is 10.0 Å². The number of piperazine rings is 1. The van der Waals surface area contributed by atoms with Crippen LogP contribution in [0.25, 0.3) is 5.76 Å². The van der Waals surface area contributed by atoms with Crippen molar-refractivity contribution >= 4 is 23.4 Å². The lowest BCUT2D eigenvalue weighted by atomic mass is 10.1. The molecule has 1 saturated heterocycles. The van der Waals surface area contributed by atoms with E-state index in [1.807, 2.05) is 12.1 Å². The van der Waals surface area contributed by atoms with Crippen molar-refractivity contribution in [2.75, 3.05) is 37.6 Å². The fraction of sp³-hybridized carbons (Fsp3) is 0.333. The Morgan fingerprint density at radius 3 is 2.34 bits per heavy atom. The van der Waals surface area contributed by atoms with Crippen LogP contribution in [0.15, 0.2) is 65.2 Å². The predicted octanol–water partition coefficient (Wildman–Crippen LogP) is 3.82. The van der Waals surface area contributed by atoms with Crippen LogP contribution in [0.2, 0.25) is 0 Å². The summed E-state index contributed by atoms with van der Waals surface area (Å²) in [6, 6.07) is 17.8. The average molecular weight is 389 g/mol. The molecule has 1 unspecified atom stereocenters. The van der Waals surface area contributed by atoms with Crippen LogP contribution >= 0.6 is 0 Å². The lowest BCUT2D eigenvalue weighted by Gasteiger charge is -2.36. The van der Waals surface area contributed by atoms with Gasteiger partial charge in [-0.3, -0.25) is 14.7 Å². The highest BCUT2D eigenvalue weighted by Gasteiger charge is 2.28. The Hall–Kier alpha value is -2.92. The Bertz CT molecular complexity index is 928. The molecule has 4 rings (SSSR count). The minimum atomic E-state index is -0.147. The summed E-state index contributed by atoms with van der Waals surface area (Å²) in [4.78, 5) is 21.9. The Morgan fingerprint density at radius 2 is 1.66 bits per heavy atom. The standard InChI is InChI=1S/C24H27N3O2/c1-18(25-17-22-23(28)20-9-5-6-10-21(20)24(22)29)11-12-26-13-15-27(16-14-26)19-7-3-2-4-8-19/h2-10,17-18,28H,11-16H2,1H3. The first-order valence-corrected chi connectivity index (χ1v) is 10.3. The molecular formula is C24H27N3O2. The number of aliphatic imine (C=N–C) groups is 1. The predicted molar refractivity (Wildman–Crippen MR) is 118 cm³/mol. The molecule has 2 aliphatic rings. The third-order valence-corrected chi connectivity index (χ3v) is 5.74. The minimum Gasteiger partial charge on any atom is -0.506 e. The van der Waals surface area contributed by atoms with Gasteiger partial charge in [0.25, 0.3) is 0 Å². The lowest BCUT2D eigenvalue weighted by Crippen LogP contribution is -2.46. The monoisotopic (exact) mass is 389 g/mol. The van der Waals surface area contributed by atoms with Crippen LogP contribution in [0.1, 0.15) is 29.3 Å². The maximum Gasteiger partial charge on any atom is 0.199 e. The van der Waals surface area contributed by atoms with E-state index >= 15 is 0 Å². The molecule has 5 nitrogen and oxygen atoms in total. The summed E-state index contributed by atoms with van der Waals surface area (Å²) in [5.41, 5.74) is 2.74. The highest BCUT2D eigenvalue weighted by Crippen LogP contribution is 2.29. The highest BCUT2D eigenvalue weighted by atomic mass is 16.3. The van der Waals surface area contributed by atoms with Gasteiger partial charge in [-0.2, -0.15) is 0 Å². The third kappa shape index (κ3) is 4.25. The number of hydrogen-bond acceptors (Lipinski definition) is 5. The molecule has 1 aliphatic heterocycles. The molecule has 29 heavy (non-hydrogen) atoms. The van der Waals surface area contributed by atoms with Crippen molar-refractivity contribution in [1.29, 1.82) is 0 Å². The Morgan fingerprint density at radius 1 is 1.00 bits per heavy atom. The maximum absolute atomic E-state index is 12.5. The van der Waals surface area contributed by atoms with Crippen LogP contribution in [0.5, 0.6) is 0 Å². The fourth-order valence-corrected chi connectivity index (χ4v) is 3.92. The fourth-order valence-electron chi connectivity index (χ4n) is 3.92. The van der Waals surface area contributed by atoms with Gasteiger partial charge in [0.2, 0.25) is 0 Å². The van der Waals surface area contributed by atoms with Crippen molar-refractivity contribution in [2.45, 2.75) is 19.4 Å². The molecule has 0 spiro atoms. The van der Waals surface area contributed by atoms with Crippen molar-refractivity contribution in [2.24, 2.45) is 4.99 Å². The smallest absolute Gasteiger partial charge is 0.199 e. The number of rotatable bonds is 6. The molecule has 1 fully saturated rings. The number of benzene rings is 2. The molecule has 0 bridgehead atoms. The second-order valence-corrected chi connectivity index (χ2v) is 7.72. The lowest BCUT2D eigenvalue weighted by molar-refractivity contribution is 0.104. The van der Waals surface area contributed by atoms with Gasteiger partial charge in [0.1, 0.15) is 5.76 Å². The Labute approximate surface area is 172 Å². The second-order valence-electron chi connectivity index (χ2n) is 7.72. The number of carbonyl (C=O) groups is 1. The largest absolute Gasteiger partial charge is 0.506 e. The number of anilines is 1. The van der Waals surface area contributed by atoms with E-state index in [-0.39, 0.29) is 17.6 Å². The molecule has 0 radical (unpaired) electrons. The summed E-state index contributed by atoms with van der Waals surface area (Å²) < 4.78 is 0. The summed E-state index contributed by atoms with van der Waals surface area (Å²) in [6.07, 6.45) is 2.48. The molecule has 0 aromatic heterocycles. The van der Waals surface area contributed by atoms with Crippen molar-refractivity contribution in [1.82, 2.24) is 4.90 Å². The molecule has 1 atom stereocenters. The van der Waals surface area contributed by atoms with E-state index in [0.29, 0.717) is 16.7 Å². The van der Waals surface area contributed by atoms with Crippen LogP contribution in [0.3, 0.4) is 0 Å². The van der Waals surface area contributed by atoms with Gasteiger partial charge in [-0.25, -0.2) is 0 Å². The van der Waals surface area contributed by atoms with Crippen molar-refractivity contribution in [3.8, 4) is 0 Å². The van der Waals surface area contributed by atoms with E-state index in [4.69, 9.17) is 0 Å². The normalized spacial score (nSPS) is 18.5. The number of hydrogen-bond donors (Lipinski definition) is 1. The molecule has 0 amide bonds. The summed E-state index contributed by atoms with van der Waals surface area (Å²) in [5, 5.41) is 10.3. The van der Waals surface area contributed by atoms with Gasteiger partial charge in [0, 0.05) is 61.8 Å². The van der Waals surface area contributed by atoms with Crippen LogP contribution in [-0.4, -0.2) is 60.8 Å². The Balaban J connectivity index is 1.26. The van der Waals surface area contributed by atoms with E-state index in [2.05, 4.69) is 52.0 Å². The highest BCUT2D eigenvalue weighted by molar-refractivity contribution is 6.30. The number of allylic oxidation sites excluding steroid dienone is 1. The molecule has 1 heterocycles. The maximum atomic E-state index is 12.5. The van der Waals surface area contributed by atoms with Gasteiger partial charge >= 0.3 is 0 Å². The zero-order valence-corrected chi connectivity index (χ0v) is 16.8. The molecular weight excluding hydrogens is 362 g/mol. The summed E-state index contributed by atoms with van der Waals surface area (Å²) in [5.74, 6) is -0.107. The first-order valence-electron chi connectivity index (χ1n) is 10.3. The number of aliphatic hydroxyl groups excluding tert-OH is 1. The van der Waals surface area contributed by atoms with Gasteiger partial charge in [-0.15, -0.1) is 0 Å². The number of para-hydroxylation sites is 1. The molecule has 5 heteroatoms. The Kier molecular flexibility index (Phi) is 5.76. The quantitative estimate of drug-likeness (QED) is 0.763. The number of aliphatic hydroxyl groups is 1. The minimum absolute atomic E-state index is 0.0404. The number of carbonyl (C=O) groups excluding carboxylic acids is 1. The summed E-state index contributed by atoms with van der Waals surface area (Å²) >= 11 is 0. The first-order chi connectivity index (χ1) is 14.1. The molecule has 1 aliphatic carbocycles. The number of fused-ring (bicyclic) bond motifs is 1. The van der Waals surface area contributed by atoms with E-state index in [9.17, 15) is 9.90 Å². The average Bonchev–Trinajstić information content (AvgIpc) is 3.02. The van der Waals surface area contributed by atoms with Gasteiger partial charge in [0.15, 0.2) is 5.78 Å². The third-order valence-electron chi connectivity index (χ3n) is 5.74. The van der Waals surface area contributed by atoms with E-state index in [1.165, 1.54) is 5.69 Å². The van der Waals surface area contributed by atoms with Crippen LogP contribution < -0.4 is 4.90 Å². The summed E-state index contributed by atoms with van der Waals surface area (Å²) in [6.45, 7) is 7.21. The van der Waals surface area contributed by atoms with E-state index < -0.39 is 0 Å². The second kappa shape index (κ2) is 8.62. The first kappa shape index (κ1) is 19.4. The van der Waals surface area contributed by atoms with Crippen LogP contribution in [0, 0.1) is 0 Å². The topological polar surface area (TPSA) is 56.1 Å². The number of Topliss-reactive ketones (excluding diaryl/α,β-unsaturated/α-hetero) is 1. The van der Waals surface area contributed by atoms with Gasteiger partial charge in [-0.05, 0) is 25.5 Å². The van der Waals surface area contributed by atoms with Gasteiger partial charge in [0.05, 0.1) is 5.57 Å². The summed E-state index contributed by atoms with van der Waals surface area (Å²) in [7, 11) is 0. The van der Waals surface area contributed by atoms with Crippen molar-refractivity contribution in [3.63, 3.8) is 0 Å².